The number of thiazole rings is 1. The number of pyridine rings is 1. The van der Waals surface area contributed by atoms with Crippen LogP contribution in [-0.4, -0.2) is 32.7 Å². The Bertz CT molecular complexity index is 1610. The third-order valence-electron chi connectivity index (χ3n) is 6.44. The fraction of sp³-hybridized carbons (Fsp3) is 0.143. The summed E-state index contributed by atoms with van der Waals surface area (Å²) in [6.45, 7) is 1.47. The highest BCUT2D eigenvalue weighted by Crippen LogP contribution is 2.44. The Morgan fingerprint density at radius 1 is 1.11 bits per heavy atom. The number of thiocarbonyl (C=S) groups is 1. The van der Waals surface area contributed by atoms with E-state index in [9.17, 15) is 4.79 Å². The highest BCUT2D eigenvalue weighted by atomic mass is 32.1. The zero-order chi connectivity index (χ0) is 26.2. The van der Waals surface area contributed by atoms with Crippen LogP contribution in [0.3, 0.4) is 0 Å². The Labute approximate surface area is 228 Å². The molecular formula is C28H24N6O2S2. The summed E-state index contributed by atoms with van der Waals surface area (Å²) in [6, 6.07) is 23.3. The van der Waals surface area contributed by atoms with Gasteiger partial charge >= 0.3 is 0 Å². The molecule has 2 atom stereocenters. The van der Waals surface area contributed by atoms with Crippen molar-refractivity contribution in [3.63, 3.8) is 0 Å². The number of nitrogens with one attached hydrogen (secondary N) is 2. The lowest BCUT2D eigenvalue weighted by Gasteiger charge is -2.29. The molecule has 0 spiro atoms. The number of nitrogens with zero attached hydrogens (tertiary/aromatic N) is 4. The molecule has 10 heteroatoms. The van der Waals surface area contributed by atoms with Crippen LogP contribution in [-0.2, 0) is 4.79 Å². The summed E-state index contributed by atoms with van der Waals surface area (Å²) in [4.78, 5) is 23.5. The normalized spacial score (nSPS) is 17.0. The molecule has 1 aliphatic rings. The number of benzene rings is 2. The molecule has 0 saturated carbocycles. The van der Waals surface area contributed by atoms with Crippen LogP contribution in [0.25, 0.3) is 15.3 Å². The Balaban J connectivity index is 1.50. The van der Waals surface area contributed by atoms with E-state index in [1.54, 1.807) is 24.6 Å². The van der Waals surface area contributed by atoms with E-state index in [4.69, 9.17) is 21.9 Å². The Kier molecular flexibility index (Phi) is 6.26. The van der Waals surface area contributed by atoms with Crippen molar-refractivity contribution in [3.05, 3.63) is 96.6 Å². The minimum atomic E-state index is -0.252. The molecule has 0 aliphatic carbocycles. The molecule has 8 nitrogen and oxygen atoms in total. The highest BCUT2D eigenvalue weighted by Gasteiger charge is 2.42. The Morgan fingerprint density at radius 2 is 1.95 bits per heavy atom. The van der Waals surface area contributed by atoms with Gasteiger partial charge in [-0.2, -0.15) is 0 Å². The molecule has 0 radical (unpaired) electrons. The monoisotopic (exact) mass is 540 g/mol. The van der Waals surface area contributed by atoms with Crippen LogP contribution in [0.1, 0.15) is 30.4 Å². The Hall–Kier alpha value is -4.28. The average Bonchev–Trinajstić information content (AvgIpc) is 3.65. The van der Waals surface area contributed by atoms with Gasteiger partial charge in [0.15, 0.2) is 10.2 Å². The van der Waals surface area contributed by atoms with Crippen LogP contribution in [0.5, 0.6) is 5.75 Å². The summed E-state index contributed by atoms with van der Waals surface area (Å²) >= 11 is 7.54. The highest BCUT2D eigenvalue weighted by molar-refractivity contribution is 7.80. The summed E-state index contributed by atoms with van der Waals surface area (Å²) in [5.74, 6) is 0.382. The van der Waals surface area contributed by atoms with Gasteiger partial charge in [-0.3, -0.25) is 14.3 Å². The maximum Gasteiger partial charge on any atom is 0.221 e. The van der Waals surface area contributed by atoms with Crippen LogP contribution < -0.4 is 20.3 Å². The first-order chi connectivity index (χ1) is 18.5. The lowest BCUT2D eigenvalue weighted by atomic mass is 10.0. The molecule has 190 valence electrons. The van der Waals surface area contributed by atoms with Crippen LogP contribution in [0.15, 0.2) is 85.2 Å². The number of ether oxygens (including phenoxy) is 1. The fourth-order valence-electron chi connectivity index (χ4n) is 4.84. The largest absolute Gasteiger partial charge is 0.495 e. The van der Waals surface area contributed by atoms with Gasteiger partial charge in [-0.15, -0.1) is 0 Å². The summed E-state index contributed by atoms with van der Waals surface area (Å²) in [5, 5.41) is 7.79. The molecule has 38 heavy (non-hydrogen) atoms. The number of methoxy groups -OCH3 is 1. The number of hydrogen-bond acceptors (Lipinski definition) is 6. The first-order valence-corrected chi connectivity index (χ1v) is 13.3. The van der Waals surface area contributed by atoms with Crippen LogP contribution >= 0.6 is 23.6 Å². The molecule has 5 aromatic rings. The lowest BCUT2D eigenvalue weighted by molar-refractivity contribution is -0.114. The molecule has 0 bridgehead atoms. The second kappa shape index (κ2) is 9.88. The zero-order valence-corrected chi connectivity index (χ0v) is 22.3. The second-order valence-corrected chi connectivity index (χ2v) is 10.2. The van der Waals surface area contributed by atoms with Crippen molar-refractivity contribution in [2.75, 3.05) is 17.3 Å². The van der Waals surface area contributed by atoms with Crippen molar-refractivity contribution in [1.29, 1.82) is 0 Å². The molecular weight excluding hydrogens is 516 g/mol. The van der Waals surface area contributed by atoms with Gasteiger partial charge in [0.05, 0.1) is 40.4 Å². The van der Waals surface area contributed by atoms with Gasteiger partial charge in [0.1, 0.15) is 11.8 Å². The van der Waals surface area contributed by atoms with Gasteiger partial charge < -0.3 is 20.3 Å². The molecule has 1 aliphatic heterocycles. The number of aromatic nitrogens is 3. The quantitative estimate of drug-likeness (QED) is 0.270. The number of rotatable bonds is 6. The van der Waals surface area contributed by atoms with Crippen molar-refractivity contribution in [2.24, 2.45) is 0 Å². The molecule has 1 amide bonds. The molecule has 1 saturated heterocycles. The van der Waals surface area contributed by atoms with Gasteiger partial charge in [0.2, 0.25) is 5.91 Å². The second-order valence-electron chi connectivity index (χ2n) is 8.83. The smallest absolute Gasteiger partial charge is 0.221 e. The van der Waals surface area contributed by atoms with Gasteiger partial charge in [0, 0.05) is 25.0 Å². The van der Waals surface area contributed by atoms with E-state index in [0.717, 1.165) is 32.4 Å². The number of hydrogen-bond donors (Lipinski definition) is 2. The summed E-state index contributed by atoms with van der Waals surface area (Å²) in [5.41, 5.74) is 4.22. The average molecular weight is 541 g/mol. The minimum absolute atomic E-state index is 0.185. The predicted octanol–water partition coefficient (Wildman–Crippen LogP) is 5.63. The summed E-state index contributed by atoms with van der Waals surface area (Å²) in [6.07, 6.45) is 3.81. The SMILES string of the molecule is COc1ccc(N2C(=S)N[C@H](c3ccccn3)[C@H]2c2cccn2-c2nc3ccccc3s2)cc1NC(C)=O. The van der Waals surface area contributed by atoms with Crippen LogP contribution in [0.2, 0.25) is 0 Å². The number of fused-ring (bicyclic) bond motifs is 1. The van der Waals surface area contributed by atoms with E-state index in [0.29, 0.717) is 16.5 Å². The van der Waals surface area contributed by atoms with Crippen molar-refractivity contribution in [3.8, 4) is 10.9 Å². The van der Waals surface area contributed by atoms with Crippen LogP contribution in [0, 0.1) is 0 Å². The number of anilines is 2. The van der Waals surface area contributed by atoms with Crippen molar-refractivity contribution in [1.82, 2.24) is 19.9 Å². The third kappa shape index (κ3) is 4.27. The van der Waals surface area contributed by atoms with E-state index in [-0.39, 0.29) is 18.0 Å². The van der Waals surface area contributed by atoms with E-state index in [1.807, 2.05) is 66.9 Å². The number of carbonyl (C=O) groups excluding carboxylic acids is 1. The van der Waals surface area contributed by atoms with Crippen molar-refractivity contribution >= 4 is 56.2 Å². The van der Waals surface area contributed by atoms with E-state index >= 15 is 0 Å². The maximum absolute atomic E-state index is 11.9. The molecule has 1 fully saturated rings. The van der Waals surface area contributed by atoms with Gasteiger partial charge in [-0.1, -0.05) is 29.5 Å². The van der Waals surface area contributed by atoms with Crippen molar-refractivity contribution < 1.29 is 9.53 Å². The summed E-state index contributed by atoms with van der Waals surface area (Å²) < 4.78 is 8.72. The predicted molar refractivity (Wildman–Crippen MR) is 154 cm³/mol. The molecule has 4 heterocycles. The lowest BCUT2D eigenvalue weighted by Crippen LogP contribution is -2.30. The Morgan fingerprint density at radius 3 is 2.71 bits per heavy atom. The molecule has 0 unspecified atom stereocenters. The van der Waals surface area contributed by atoms with Gasteiger partial charge in [-0.25, -0.2) is 4.98 Å². The first kappa shape index (κ1) is 24.1. The zero-order valence-electron chi connectivity index (χ0n) is 20.7. The van der Waals surface area contributed by atoms with Gasteiger partial charge in [0.25, 0.3) is 0 Å². The topological polar surface area (TPSA) is 84.3 Å². The standard InChI is InChI=1S/C28H24N6O2S2/c1-17(35)30-21-16-18(12-13-23(21)36-2)34-26(25(32-27(34)37)20-9-5-6-14-29-20)22-10-7-15-33(22)28-31-19-8-3-4-11-24(19)38-28/h3-16,25-26H,1-2H3,(H,30,35)(H,32,37)/t25-,26-/m1/s1. The van der Waals surface area contributed by atoms with Crippen LogP contribution in [0.4, 0.5) is 11.4 Å². The van der Waals surface area contributed by atoms with E-state index in [1.165, 1.54) is 6.92 Å². The van der Waals surface area contributed by atoms with E-state index in [2.05, 4.69) is 37.2 Å². The third-order valence-corrected chi connectivity index (χ3v) is 7.79. The minimum Gasteiger partial charge on any atom is -0.495 e. The summed E-state index contributed by atoms with van der Waals surface area (Å²) in [7, 11) is 1.58. The number of amides is 1. The molecule has 6 rings (SSSR count). The number of carbonyl (C=O) groups is 1. The number of para-hydroxylation sites is 1. The van der Waals surface area contributed by atoms with Gasteiger partial charge in [-0.05, 0) is 66.8 Å². The molecule has 3 aromatic heterocycles. The van der Waals surface area contributed by atoms with Crippen molar-refractivity contribution in [2.45, 2.75) is 19.0 Å². The fourth-order valence-corrected chi connectivity index (χ4v) is 6.16. The van der Waals surface area contributed by atoms with E-state index < -0.39 is 0 Å². The molecule has 2 aromatic carbocycles. The first-order valence-electron chi connectivity index (χ1n) is 12.0. The molecule has 2 N–H and O–H groups in total. The maximum atomic E-state index is 11.9.